The van der Waals surface area contributed by atoms with Gasteiger partial charge in [0, 0.05) is 19.3 Å². The number of nitrogens with two attached hydrogens (primary N) is 2. The lowest BCUT2D eigenvalue weighted by Crippen LogP contribution is -2.49. The van der Waals surface area contributed by atoms with Crippen molar-refractivity contribution in [2.75, 3.05) is 18.5 Å². The molecule has 1 unspecified atom stereocenters. The lowest BCUT2D eigenvalue weighted by Gasteiger charge is -2.24. The standard InChI is InChI=1S/C15H25N3O/c1-4-12-6-8-13(9-7-12)18(3)11-5-10-15(2,17)14(16)19/h6-9H,4-5,10-11,17H2,1-3H3,(H2,16,19). The molecule has 0 heterocycles. The molecule has 0 saturated heterocycles. The van der Waals surface area contributed by atoms with Gasteiger partial charge in [0.15, 0.2) is 0 Å². The predicted molar refractivity (Wildman–Crippen MR) is 80.1 cm³/mol. The van der Waals surface area contributed by atoms with Gasteiger partial charge in [0.05, 0.1) is 5.54 Å². The quantitative estimate of drug-likeness (QED) is 0.786. The average Bonchev–Trinajstić information content (AvgIpc) is 2.38. The number of carbonyl (C=O) groups is 1. The molecule has 0 aromatic heterocycles. The third-order valence-corrected chi connectivity index (χ3v) is 3.54. The Morgan fingerprint density at radius 2 is 1.89 bits per heavy atom. The van der Waals surface area contributed by atoms with Gasteiger partial charge in [0.2, 0.25) is 5.91 Å². The molecule has 0 aliphatic rings. The Hall–Kier alpha value is -1.55. The van der Waals surface area contributed by atoms with Crippen LogP contribution in [0.1, 0.15) is 32.3 Å². The lowest BCUT2D eigenvalue weighted by molar-refractivity contribution is -0.122. The Bertz CT molecular complexity index is 412. The van der Waals surface area contributed by atoms with Crippen LogP contribution in [0.25, 0.3) is 0 Å². The molecule has 0 radical (unpaired) electrons. The summed E-state index contributed by atoms with van der Waals surface area (Å²) in [6.07, 6.45) is 2.48. The summed E-state index contributed by atoms with van der Waals surface area (Å²) in [7, 11) is 2.04. The van der Waals surface area contributed by atoms with E-state index >= 15 is 0 Å². The van der Waals surface area contributed by atoms with Crippen molar-refractivity contribution < 1.29 is 4.79 Å². The monoisotopic (exact) mass is 263 g/mol. The third-order valence-electron chi connectivity index (χ3n) is 3.54. The number of hydrogen-bond acceptors (Lipinski definition) is 3. The molecule has 4 N–H and O–H groups in total. The van der Waals surface area contributed by atoms with E-state index in [9.17, 15) is 4.79 Å². The Kier molecular flexibility index (Phi) is 5.36. The largest absolute Gasteiger partial charge is 0.375 e. The van der Waals surface area contributed by atoms with Crippen LogP contribution in [0.4, 0.5) is 5.69 Å². The molecule has 4 heteroatoms. The lowest BCUT2D eigenvalue weighted by atomic mass is 9.96. The SMILES string of the molecule is CCc1ccc(N(C)CCCC(C)(N)C(N)=O)cc1. The molecule has 0 spiro atoms. The second kappa shape index (κ2) is 6.57. The molecule has 1 amide bonds. The molecule has 1 atom stereocenters. The molecule has 0 saturated carbocycles. The van der Waals surface area contributed by atoms with E-state index in [4.69, 9.17) is 11.5 Å². The zero-order valence-electron chi connectivity index (χ0n) is 12.1. The van der Waals surface area contributed by atoms with Gasteiger partial charge in [0.1, 0.15) is 0 Å². The molecule has 0 aliphatic heterocycles. The van der Waals surface area contributed by atoms with E-state index in [0.29, 0.717) is 6.42 Å². The van der Waals surface area contributed by atoms with Crippen LogP contribution in [-0.4, -0.2) is 25.0 Å². The third kappa shape index (κ3) is 4.56. The number of nitrogens with zero attached hydrogens (tertiary/aromatic N) is 1. The van der Waals surface area contributed by atoms with Gasteiger partial charge in [-0.2, -0.15) is 0 Å². The molecule has 0 fully saturated rings. The van der Waals surface area contributed by atoms with Crippen molar-refractivity contribution in [3.8, 4) is 0 Å². The molecular formula is C15H25N3O. The van der Waals surface area contributed by atoms with Crippen LogP contribution in [0.2, 0.25) is 0 Å². The Balaban J connectivity index is 2.46. The van der Waals surface area contributed by atoms with Crippen LogP contribution >= 0.6 is 0 Å². The molecular weight excluding hydrogens is 238 g/mol. The fourth-order valence-electron chi connectivity index (χ4n) is 1.92. The predicted octanol–water partition coefficient (Wildman–Crippen LogP) is 1.67. The number of primary amides is 1. The van der Waals surface area contributed by atoms with Gasteiger partial charge in [-0.3, -0.25) is 4.79 Å². The fraction of sp³-hybridized carbons (Fsp3) is 0.533. The highest BCUT2D eigenvalue weighted by Crippen LogP contribution is 2.16. The maximum Gasteiger partial charge on any atom is 0.237 e. The van der Waals surface area contributed by atoms with Gasteiger partial charge in [-0.1, -0.05) is 19.1 Å². The summed E-state index contributed by atoms with van der Waals surface area (Å²) in [5, 5.41) is 0. The molecule has 1 aromatic carbocycles. The summed E-state index contributed by atoms with van der Waals surface area (Å²) in [4.78, 5) is 13.3. The van der Waals surface area contributed by atoms with Gasteiger partial charge in [-0.05, 0) is 43.9 Å². The van der Waals surface area contributed by atoms with Crippen LogP contribution in [0, 0.1) is 0 Å². The Labute approximate surface area is 115 Å². The van der Waals surface area contributed by atoms with Crippen LogP contribution in [-0.2, 0) is 11.2 Å². The first kappa shape index (κ1) is 15.5. The van der Waals surface area contributed by atoms with Crippen molar-refractivity contribution >= 4 is 11.6 Å². The van der Waals surface area contributed by atoms with Gasteiger partial charge < -0.3 is 16.4 Å². The smallest absolute Gasteiger partial charge is 0.237 e. The Morgan fingerprint density at radius 3 is 2.37 bits per heavy atom. The van der Waals surface area contributed by atoms with E-state index in [2.05, 4.69) is 36.1 Å². The minimum absolute atomic E-state index is 0.442. The van der Waals surface area contributed by atoms with E-state index in [-0.39, 0.29) is 0 Å². The fourth-order valence-corrected chi connectivity index (χ4v) is 1.92. The zero-order chi connectivity index (χ0) is 14.5. The van der Waals surface area contributed by atoms with Crippen molar-refractivity contribution in [1.29, 1.82) is 0 Å². The summed E-state index contributed by atoms with van der Waals surface area (Å²) in [5.41, 5.74) is 12.7. The first-order chi connectivity index (χ1) is 8.86. The first-order valence-electron chi connectivity index (χ1n) is 6.75. The molecule has 19 heavy (non-hydrogen) atoms. The highest BCUT2D eigenvalue weighted by atomic mass is 16.1. The topological polar surface area (TPSA) is 72.3 Å². The summed E-state index contributed by atoms with van der Waals surface area (Å²) in [5.74, 6) is -0.442. The highest BCUT2D eigenvalue weighted by Gasteiger charge is 2.24. The summed E-state index contributed by atoms with van der Waals surface area (Å²) >= 11 is 0. The second-order valence-electron chi connectivity index (χ2n) is 5.33. The number of carbonyl (C=O) groups excluding carboxylic acids is 1. The molecule has 0 aliphatic carbocycles. The van der Waals surface area contributed by atoms with Crippen molar-refractivity contribution in [3.05, 3.63) is 29.8 Å². The van der Waals surface area contributed by atoms with E-state index in [0.717, 1.165) is 19.4 Å². The molecule has 4 nitrogen and oxygen atoms in total. The van der Waals surface area contributed by atoms with Crippen molar-refractivity contribution in [3.63, 3.8) is 0 Å². The average molecular weight is 263 g/mol. The summed E-state index contributed by atoms with van der Waals surface area (Å²) in [6, 6.07) is 8.52. The number of aryl methyl sites for hydroxylation is 1. The zero-order valence-corrected chi connectivity index (χ0v) is 12.1. The van der Waals surface area contributed by atoms with Gasteiger partial charge >= 0.3 is 0 Å². The Morgan fingerprint density at radius 1 is 1.32 bits per heavy atom. The van der Waals surface area contributed by atoms with E-state index in [1.807, 2.05) is 7.05 Å². The first-order valence-corrected chi connectivity index (χ1v) is 6.75. The molecule has 1 aromatic rings. The van der Waals surface area contributed by atoms with Crippen molar-refractivity contribution in [2.24, 2.45) is 11.5 Å². The number of anilines is 1. The highest BCUT2D eigenvalue weighted by molar-refractivity contribution is 5.83. The number of rotatable bonds is 7. The normalized spacial score (nSPS) is 13.9. The van der Waals surface area contributed by atoms with E-state index in [1.165, 1.54) is 11.3 Å². The number of hydrogen-bond donors (Lipinski definition) is 2. The van der Waals surface area contributed by atoms with Gasteiger partial charge in [-0.25, -0.2) is 0 Å². The van der Waals surface area contributed by atoms with Crippen LogP contribution in [0.3, 0.4) is 0 Å². The molecule has 0 bridgehead atoms. The van der Waals surface area contributed by atoms with Crippen LogP contribution in [0.15, 0.2) is 24.3 Å². The maximum absolute atomic E-state index is 11.1. The molecule has 106 valence electrons. The number of benzene rings is 1. The second-order valence-corrected chi connectivity index (χ2v) is 5.33. The minimum atomic E-state index is -0.910. The van der Waals surface area contributed by atoms with Crippen LogP contribution < -0.4 is 16.4 Å². The van der Waals surface area contributed by atoms with Crippen LogP contribution in [0.5, 0.6) is 0 Å². The van der Waals surface area contributed by atoms with Crippen molar-refractivity contribution in [2.45, 2.75) is 38.6 Å². The summed E-state index contributed by atoms with van der Waals surface area (Å²) < 4.78 is 0. The summed E-state index contributed by atoms with van der Waals surface area (Å²) in [6.45, 7) is 4.68. The van der Waals surface area contributed by atoms with Gasteiger partial charge in [-0.15, -0.1) is 0 Å². The van der Waals surface area contributed by atoms with E-state index in [1.54, 1.807) is 6.92 Å². The maximum atomic E-state index is 11.1. The minimum Gasteiger partial charge on any atom is -0.375 e. The van der Waals surface area contributed by atoms with E-state index < -0.39 is 11.4 Å². The molecule has 1 rings (SSSR count). The number of amides is 1. The van der Waals surface area contributed by atoms with Gasteiger partial charge in [0.25, 0.3) is 0 Å². The van der Waals surface area contributed by atoms with Crippen molar-refractivity contribution in [1.82, 2.24) is 0 Å².